The van der Waals surface area contributed by atoms with Gasteiger partial charge in [-0.15, -0.1) is 0 Å². The molecule has 1 nitrogen and oxygen atoms in total. The summed E-state index contributed by atoms with van der Waals surface area (Å²) in [5.74, 6) is 0.435. The van der Waals surface area contributed by atoms with Crippen LogP contribution in [0.2, 0.25) is 5.02 Å². The van der Waals surface area contributed by atoms with E-state index in [-0.39, 0.29) is 10.6 Å². The van der Waals surface area contributed by atoms with E-state index in [9.17, 15) is 4.39 Å². The molecule has 0 heterocycles. The number of rotatable bonds is 3. The molecule has 18 heavy (non-hydrogen) atoms. The summed E-state index contributed by atoms with van der Waals surface area (Å²) in [6, 6.07) is 11.9. The lowest BCUT2D eigenvalue weighted by Gasteiger charge is -2.13. The molecule has 0 amide bonds. The first-order valence-corrected chi connectivity index (χ1v) is 6.64. The number of methoxy groups -OCH3 is 1. The molecule has 0 aliphatic carbocycles. The van der Waals surface area contributed by atoms with Gasteiger partial charge in [0.25, 0.3) is 0 Å². The minimum Gasteiger partial charge on any atom is -0.497 e. The zero-order chi connectivity index (χ0) is 13.1. The largest absolute Gasteiger partial charge is 0.497 e. The smallest absolute Gasteiger partial charge is 0.123 e. The third-order valence-electron chi connectivity index (χ3n) is 2.62. The molecule has 1 atom stereocenters. The number of alkyl halides is 1. The van der Waals surface area contributed by atoms with Crippen LogP contribution in [0.15, 0.2) is 42.5 Å². The van der Waals surface area contributed by atoms with Crippen molar-refractivity contribution >= 4 is 27.5 Å². The molecule has 0 aromatic heterocycles. The predicted molar refractivity (Wildman–Crippen MR) is 75.2 cm³/mol. The Morgan fingerprint density at radius 2 is 2.00 bits per heavy atom. The molecule has 0 radical (unpaired) electrons. The van der Waals surface area contributed by atoms with Crippen molar-refractivity contribution in [3.8, 4) is 5.75 Å². The highest BCUT2D eigenvalue weighted by atomic mass is 79.9. The van der Waals surface area contributed by atoms with Crippen LogP contribution in [-0.4, -0.2) is 7.11 Å². The van der Waals surface area contributed by atoms with Crippen LogP contribution < -0.4 is 4.74 Å². The molecular weight excluding hydrogens is 319 g/mol. The van der Waals surface area contributed by atoms with Crippen LogP contribution in [-0.2, 0) is 0 Å². The molecule has 0 saturated heterocycles. The number of ether oxygens (including phenoxy) is 1. The van der Waals surface area contributed by atoms with Gasteiger partial charge in [0.2, 0.25) is 0 Å². The summed E-state index contributed by atoms with van der Waals surface area (Å²) in [4.78, 5) is -0.147. The standard InChI is InChI=1S/C14H11BrClFO/c1-18-11-5-6-12(13(16)8-11)14(15)9-3-2-4-10(17)7-9/h2-8,14H,1H3. The molecule has 2 rings (SSSR count). The first kappa shape index (κ1) is 13.4. The number of hydrogen-bond donors (Lipinski definition) is 0. The van der Waals surface area contributed by atoms with Gasteiger partial charge in [0.05, 0.1) is 11.9 Å². The van der Waals surface area contributed by atoms with E-state index in [1.165, 1.54) is 12.1 Å². The van der Waals surface area contributed by atoms with Crippen LogP contribution in [0.25, 0.3) is 0 Å². The molecule has 2 aromatic rings. The average molecular weight is 330 g/mol. The van der Waals surface area contributed by atoms with Crippen molar-refractivity contribution in [2.24, 2.45) is 0 Å². The quantitative estimate of drug-likeness (QED) is 0.722. The second-order valence-corrected chi connectivity index (χ2v) is 5.13. The van der Waals surface area contributed by atoms with Crippen molar-refractivity contribution in [3.63, 3.8) is 0 Å². The highest BCUT2D eigenvalue weighted by Gasteiger charge is 2.14. The van der Waals surface area contributed by atoms with E-state index in [0.29, 0.717) is 10.8 Å². The van der Waals surface area contributed by atoms with Crippen molar-refractivity contribution in [1.29, 1.82) is 0 Å². The highest BCUT2D eigenvalue weighted by Crippen LogP contribution is 2.36. The fraction of sp³-hybridized carbons (Fsp3) is 0.143. The first-order chi connectivity index (χ1) is 8.61. The Balaban J connectivity index is 2.37. The van der Waals surface area contributed by atoms with Gasteiger partial charge in [-0.2, -0.15) is 0 Å². The third kappa shape index (κ3) is 2.85. The monoisotopic (exact) mass is 328 g/mol. The zero-order valence-electron chi connectivity index (χ0n) is 9.66. The number of halogens is 3. The van der Waals surface area contributed by atoms with Crippen LogP contribution in [0.5, 0.6) is 5.75 Å². The van der Waals surface area contributed by atoms with Gasteiger partial charge in [0.1, 0.15) is 11.6 Å². The lowest BCUT2D eigenvalue weighted by molar-refractivity contribution is 0.414. The maximum atomic E-state index is 13.2. The second-order valence-electron chi connectivity index (χ2n) is 3.81. The third-order valence-corrected chi connectivity index (χ3v) is 3.97. The van der Waals surface area contributed by atoms with Gasteiger partial charge in [-0.25, -0.2) is 4.39 Å². The number of benzene rings is 2. The van der Waals surface area contributed by atoms with Gasteiger partial charge in [0.15, 0.2) is 0 Å². The molecule has 4 heteroatoms. The Morgan fingerprint density at radius 3 is 2.61 bits per heavy atom. The van der Waals surface area contributed by atoms with Crippen molar-refractivity contribution < 1.29 is 9.13 Å². The van der Waals surface area contributed by atoms with Crippen LogP contribution in [0.3, 0.4) is 0 Å². The normalized spacial score (nSPS) is 12.2. The molecule has 0 fully saturated rings. The molecule has 0 N–H and O–H groups in total. The lowest BCUT2D eigenvalue weighted by Crippen LogP contribution is -1.95. The fourth-order valence-corrected chi connectivity index (χ4v) is 2.78. The molecule has 2 aromatic carbocycles. The van der Waals surface area contributed by atoms with E-state index >= 15 is 0 Å². The first-order valence-electron chi connectivity index (χ1n) is 5.35. The Labute approximate surface area is 119 Å². The molecule has 0 bridgehead atoms. The Kier molecular flexibility index (Phi) is 4.25. The Hall–Kier alpha value is -1.06. The molecule has 94 valence electrons. The molecular formula is C14H11BrClFO. The van der Waals surface area contributed by atoms with Crippen LogP contribution in [0.1, 0.15) is 16.0 Å². The van der Waals surface area contributed by atoms with E-state index in [2.05, 4.69) is 15.9 Å². The minimum absolute atomic E-state index is 0.147. The van der Waals surface area contributed by atoms with Gasteiger partial charge in [0, 0.05) is 5.02 Å². The topological polar surface area (TPSA) is 9.23 Å². The van der Waals surface area contributed by atoms with Crippen molar-refractivity contribution in [2.45, 2.75) is 4.83 Å². The molecule has 0 saturated carbocycles. The van der Waals surface area contributed by atoms with Gasteiger partial charge in [-0.05, 0) is 35.4 Å². The van der Waals surface area contributed by atoms with Gasteiger partial charge >= 0.3 is 0 Å². The number of hydrogen-bond acceptors (Lipinski definition) is 1. The molecule has 1 unspecified atom stereocenters. The summed E-state index contributed by atoms with van der Waals surface area (Å²) in [6.45, 7) is 0. The van der Waals surface area contributed by atoms with Crippen LogP contribution >= 0.6 is 27.5 Å². The predicted octanol–water partition coefficient (Wildman–Crippen LogP) is 4.97. The van der Waals surface area contributed by atoms with Crippen molar-refractivity contribution in [2.75, 3.05) is 7.11 Å². The molecule has 0 aliphatic heterocycles. The summed E-state index contributed by atoms with van der Waals surface area (Å²) in [5, 5.41) is 0.584. The SMILES string of the molecule is COc1ccc(C(Br)c2cccc(F)c2)c(Cl)c1. The fourth-order valence-electron chi connectivity index (χ4n) is 1.68. The average Bonchev–Trinajstić information content (AvgIpc) is 2.37. The van der Waals surface area contributed by atoms with Crippen LogP contribution in [0, 0.1) is 5.82 Å². The Bertz CT molecular complexity index is 559. The van der Waals surface area contributed by atoms with E-state index in [0.717, 1.165) is 11.1 Å². The van der Waals surface area contributed by atoms with E-state index in [1.54, 1.807) is 19.2 Å². The van der Waals surface area contributed by atoms with Crippen LogP contribution in [0.4, 0.5) is 4.39 Å². The second kappa shape index (κ2) is 5.72. The maximum Gasteiger partial charge on any atom is 0.123 e. The lowest BCUT2D eigenvalue weighted by atomic mass is 10.0. The van der Waals surface area contributed by atoms with Crippen molar-refractivity contribution in [3.05, 3.63) is 64.4 Å². The Morgan fingerprint density at radius 1 is 1.22 bits per heavy atom. The highest BCUT2D eigenvalue weighted by molar-refractivity contribution is 9.09. The summed E-state index contributed by atoms with van der Waals surface area (Å²) in [7, 11) is 1.59. The van der Waals surface area contributed by atoms with E-state index in [4.69, 9.17) is 16.3 Å². The van der Waals surface area contributed by atoms with Gasteiger partial charge in [-0.1, -0.05) is 45.7 Å². The summed E-state index contributed by atoms with van der Waals surface area (Å²) in [5.41, 5.74) is 1.70. The van der Waals surface area contributed by atoms with Gasteiger partial charge in [-0.3, -0.25) is 0 Å². The zero-order valence-corrected chi connectivity index (χ0v) is 12.0. The summed E-state index contributed by atoms with van der Waals surface area (Å²) < 4.78 is 18.3. The summed E-state index contributed by atoms with van der Waals surface area (Å²) >= 11 is 9.72. The van der Waals surface area contributed by atoms with Gasteiger partial charge < -0.3 is 4.74 Å². The molecule has 0 spiro atoms. The van der Waals surface area contributed by atoms with Crippen molar-refractivity contribution in [1.82, 2.24) is 0 Å². The summed E-state index contributed by atoms with van der Waals surface area (Å²) in [6.07, 6.45) is 0. The maximum absolute atomic E-state index is 13.2. The molecule has 0 aliphatic rings. The van der Waals surface area contributed by atoms with E-state index in [1.807, 2.05) is 18.2 Å². The van der Waals surface area contributed by atoms with E-state index < -0.39 is 0 Å². The minimum atomic E-state index is -0.262.